The summed E-state index contributed by atoms with van der Waals surface area (Å²) in [5, 5.41) is 12.1. The predicted molar refractivity (Wildman–Crippen MR) is 93.5 cm³/mol. The number of amides is 1. The summed E-state index contributed by atoms with van der Waals surface area (Å²) in [6.07, 6.45) is 0.289. The van der Waals surface area contributed by atoms with Crippen LogP contribution in [-0.4, -0.2) is 25.3 Å². The van der Waals surface area contributed by atoms with E-state index in [9.17, 15) is 10.1 Å². The highest BCUT2D eigenvalue weighted by molar-refractivity contribution is 5.68. The second-order valence-electron chi connectivity index (χ2n) is 5.94. The fourth-order valence-corrected chi connectivity index (χ4v) is 3.14. The van der Waals surface area contributed by atoms with Gasteiger partial charge in [-0.05, 0) is 37.1 Å². The maximum absolute atomic E-state index is 11.9. The molecule has 2 aromatic carbocycles. The largest absolute Gasteiger partial charge is 0.491 e. The van der Waals surface area contributed by atoms with Crippen LogP contribution in [0, 0.1) is 11.3 Å². The number of rotatable bonds is 4. The summed E-state index contributed by atoms with van der Waals surface area (Å²) in [5.74, 6) is 0.769. The number of alkyl carbamates (subject to hydrolysis) is 1. The highest BCUT2D eigenvalue weighted by Gasteiger charge is 2.32. The highest BCUT2D eigenvalue weighted by atomic mass is 16.5. The van der Waals surface area contributed by atoms with Crippen molar-refractivity contribution in [2.45, 2.75) is 25.3 Å². The summed E-state index contributed by atoms with van der Waals surface area (Å²) in [6.45, 7) is 2.46. The number of nitrogens with one attached hydrogen (secondary N) is 1. The number of carbonyl (C=O) groups excluding carboxylic acids is 1. The van der Waals surface area contributed by atoms with Crippen molar-refractivity contribution in [1.29, 1.82) is 5.26 Å². The topological polar surface area (TPSA) is 71.3 Å². The van der Waals surface area contributed by atoms with Crippen molar-refractivity contribution in [3.8, 4) is 11.8 Å². The van der Waals surface area contributed by atoms with E-state index < -0.39 is 6.09 Å². The van der Waals surface area contributed by atoms with Crippen LogP contribution in [-0.2, 0) is 11.2 Å². The molecule has 1 N–H and O–H groups in total. The zero-order valence-corrected chi connectivity index (χ0v) is 14.1. The number of benzene rings is 2. The average Bonchev–Trinajstić information content (AvgIpc) is 2.64. The summed E-state index contributed by atoms with van der Waals surface area (Å²) in [7, 11) is 0. The van der Waals surface area contributed by atoms with Crippen molar-refractivity contribution >= 4 is 6.09 Å². The van der Waals surface area contributed by atoms with Crippen molar-refractivity contribution in [2.24, 2.45) is 0 Å². The van der Waals surface area contributed by atoms with Crippen molar-refractivity contribution in [2.75, 3.05) is 13.2 Å². The molecule has 2 aromatic rings. The van der Waals surface area contributed by atoms with E-state index in [1.165, 1.54) is 5.56 Å². The highest BCUT2D eigenvalue weighted by Crippen LogP contribution is 2.36. The Morgan fingerprint density at radius 1 is 1.32 bits per heavy atom. The summed E-state index contributed by atoms with van der Waals surface area (Å²) in [6, 6.07) is 17.5. The molecule has 5 nitrogen and oxygen atoms in total. The molecule has 0 bridgehead atoms. The smallest absolute Gasteiger partial charge is 0.407 e. The van der Waals surface area contributed by atoms with Gasteiger partial charge in [0.15, 0.2) is 0 Å². The maximum Gasteiger partial charge on any atom is 0.407 e. The van der Waals surface area contributed by atoms with Crippen LogP contribution in [0.2, 0.25) is 0 Å². The molecule has 2 unspecified atom stereocenters. The van der Waals surface area contributed by atoms with Gasteiger partial charge in [-0.3, -0.25) is 0 Å². The molecule has 1 aliphatic rings. The third-order valence-corrected chi connectivity index (χ3v) is 4.32. The van der Waals surface area contributed by atoms with Crippen LogP contribution in [0.4, 0.5) is 4.79 Å². The Morgan fingerprint density at radius 2 is 2.12 bits per heavy atom. The first-order valence-corrected chi connectivity index (χ1v) is 8.35. The Labute approximate surface area is 147 Å². The fraction of sp³-hybridized carbons (Fsp3) is 0.300. The predicted octanol–water partition coefficient (Wildman–Crippen LogP) is 3.39. The molecule has 0 saturated heterocycles. The molecule has 3 rings (SSSR count). The minimum Gasteiger partial charge on any atom is -0.491 e. The lowest BCUT2D eigenvalue weighted by Gasteiger charge is -2.34. The minimum atomic E-state index is -0.450. The van der Waals surface area contributed by atoms with E-state index in [2.05, 4.69) is 23.5 Å². The van der Waals surface area contributed by atoms with Gasteiger partial charge in [0, 0.05) is 11.5 Å². The Morgan fingerprint density at radius 3 is 2.84 bits per heavy atom. The molecular weight excluding hydrogens is 316 g/mol. The van der Waals surface area contributed by atoms with Gasteiger partial charge >= 0.3 is 6.09 Å². The van der Waals surface area contributed by atoms with Crippen LogP contribution >= 0.6 is 0 Å². The number of nitrogens with zero attached hydrogens (tertiary/aromatic N) is 1. The number of ether oxygens (including phenoxy) is 2. The minimum absolute atomic E-state index is 0.00357. The first-order chi connectivity index (χ1) is 12.2. The summed E-state index contributed by atoms with van der Waals surface area (Å²) < 4.78 is 10.8. The maximum atomic E-state index is 11.9. The van der Waals surface area contributed by atoms with Crippen LogP contribution in [0.25, 0.3) is 0 Å². The van der Waals surface area contributed by atoms with Gasteiger partial charge in [0.05, 0.1) is 24.3 Å². The van der Waals surface area contributed by atoms with Crippen LogP contribution in [0.3, 0.4) is 0 Å². The van der Waals surface area contributed by atoms with Crippen molar-refractivity contribution in [1.82, 2.24) is 5.32 Å². The molecule has 2 atom stereocenters. The van der Waals surface area contributed by atoms with E-state index in [4.69, 9.17) is 9.47 Å². The van der Waals surface area contributed by atoms with Gasteiger partial charge < -0.3 is 14.8 Å². The van der Waals surface area contributed by atoms with E-state index in [1.54, 1.807) is 13.0 Å². The first-order valence-electron chi connectivity index (χ1n) is 8.35. The van der Waals surface area contributed by atoms with Crippen LogP contribution < -0.4 is 10.1 Å². The number of carbonyl (C=O) groups is 1. The zero-order chi connectivity index (χ0) is 17.6. The van der Waals surface area contributed by atoms with E-state index >= 15 is 0 Å². The fourth-order valence-electron chi connectivity index (χ4n) is 3.14. The molecule has 0 fully saturated rings. The summed E-state index contributed by atoms with van der Waals surface area (Å²) >= 11 is 0. The quantitative estimate of drug-likeness (QED) is 0.929. The second-order valence-corrected chi connectivity index (χ2v) is 5.94. The van der Waals surface area contributed by atoms with Crippen molar-refractivity contribution in [3.63, 3.8) is 0 Å². The molecule has 0 aliphatic carbocycles. The first kappa shape index (κ1) is 16.8. The van der Waals surface area contributed by atoms with E-state index in [0.29, 0.717) is 18.8 Å². The zero-order valence-electron chi connectivity index (χ0n) is 14.1. The molecule has 128 valence electrons. The molecule has 0 aromatic heterocycles. The van der Waals surface area contributed by atoms with Crippen LogP contribution in [0.1, 0.15) is 29.5 Å². The Kier molecular flexibility index (Phi) is 5.20. The number of hydrogen-bond donors (Lipinski definition) is 1. The van der Waals surface area contributed by atoms with E-state index in [-0.39, 0.29) is 12.0 Å². The Balaban J connectivity index is 1.93. The summed E-state index contributed by atoms with van der Waals surface area (Å²) in [4.78, 5) is 11.9. The van der Waals surface area contributed by atoms with E-state index in [0.717, 1.165) is 17.7 Å². The molecule has 0 radical (unpaired) electrons. The molecule has 1 amide bonds. The molecule has 5 heteroatoms. The lowest BCUT2D eigenvalue weighted by molar-refractivity contribution is 0.135. The molecular formula is C20H20N2O3. The Bertz CT molecular complexity index is 783. The van der Waals surface area contributed by atoms with Gasteiger partial charge in [-0.15, -0.1) is 0 Å². The monoisotopic (exact) mass is 336 g/mol. The van der Waals surface area contributed by atoms with E-state index in [1.807, 2.05) is 30.3 Å². The average molecular weight is 336 g/mol. The third kappa shape index (κ3) is 3.92. The molecule has 0 saturated carbocycles. The van der Waals surface area contributed by atoms with Crippen LogP contribution in [0.5, 0.6) is 5.75 Å². The van der Waals surface area contributed by atoms with Crippen LogP contribution in [0.15, 0.2) is 48.5 Å². The standard InChI is InChI=1S/C20H20N2O3/c1-2-24-20(23)22-18-13-25-19-9-8-15(12-21)11-17(19)16(18)10-14-6-4-3-5-7-14/h3-9,11,16,18H,2,10,13H2,1H3,(H,22,23). The van der Waals surface area contributed by atoms with Crippen molar-refractivity contribution in [3.05, 3.63) is 65.2 Å². The van der Waals surface area contributed by atoms with Gasteiger partial charge in [0.25, 0.3) is 0 Å². The number of fused-ring (bicyclic) bond motifs is 1. The molecule has 25 heavy (non-hydrogen) atoms. The SMILES string of the molecule is CCOC(=O)NC1COc2ccc(C#N)cc2C1Cc1ccccc1. The van der Waals surface area contributed by atoms with Gasteiger partial charge in [-0.1, -0.05) is 30.3 Å². The normalized spacial score (nSPS) is 18.4. The van der Waals surface area contributed by atoms with Gasteiger partial charge in [0.2, 0.25) is 0 Å². The van der Waals surface area contributed by atoms with Gasteiger partial charge in [0.1, 0.15) is 12.4 Å². The van der Waals surface area contributed by atoms with Gasteiger partial charge in [-0.2, -0.15) is 5.26 Å². The summed E-state index contributed by atoms with van der Waals surface area (Å²) in [5.41, 5.74) is 2.69. The Hall–Kier alpha value is -3.00. The van der Waals surface area contributed by atoms with Crippen molar-refractivity contribution < 1.29 is 14.3 Å². The molecule has 1 aliphatic heterocycles. The third-order valence-electron chi connectivity index (χ3n) is 4.32. The molecule has 1 heterocycles. The molecule has 0 spiro atoms. The number of hydrogen-bond acceptors (Lipinski definition) is 4. The second kappa shape index (κ2) is 7.71. The lowest BCUT2D eigenvalue weighted by Crippen LogP contribution is -2.46. The number of nitriles is 1. The van der Waals surface area contributed by atoms with Gasteiger partial charge in [-0.25, -0.2) is 4.79 Å². The lowest BCUT2D eigenvalue weighted by atomic mass is 9.83.